The van der Waals surface area contributed by atoms with Crippen LogP contribution >= 0.6 is 11.6 Å². The number of anilines is 1. The van der Waals surface area contributed by atoms with Crippen LogP contribution in [0.25, 0.3) is 0 Å². The molecule has 3 aromatic rings. The van der Waals surface area contributed by atoms with Crippen molar-refractivity contribution in [1.29, 1.82) is 0 Å². The Balaban J connectivity index is 2.13. The highest BCUT2D eigenvalue weighted by atomic mass is 35.5. The molecule has 3 rings (SSSR count). The first-order valence-corrected chi connectivity index (χ1v) is 14.5. The Bertz CT molecular complexity index is 1500. The standard InChI is InChI=1S/C29H31ClF3N3O4S/c1-19(2)34-28(38)21(4)35(17-22-10-8-9-20(3)15-22)27(37)18-36(41(39,40)24-11-6-5-7-12-24)26-16-23(29(31,32)33)13-14-25(26)30/h5-16,19,21H,17-18H2,1-4H3,(H,34,38)/t21-/m0/s1. The second-order valence-corrected chi connectivity index (χ2v) is 12.1. The number of alkyl halides is 3. The summed E-state index contributed by atoms with van der Waals surface area (Å²) in [6.07, 6.45) is -4.80. The van der Waals surface area contributed by atoms with Crippen LogP contribution in [0.2, 0.25) is 5.02 Å². The van der Waals surface area contributed by atoms with Gasteiger partial charge in [0.15, 0.2) is 0 Å². The molecule has 7 nitrogen and oxygen atoms in total. The summed E-state index contributed by atoms with van der Waals surface area (Å²) in [5.74, 6) is -1.29. The van der Waals surface area contributed by atoms with Crippen LogP contribution in [0.3, 0.4) is 0 Å². The fraction of sp³-hybridized carbons (Fsp3) is 0.310. The summed E-state index contributed by atoms with van der Waals surface area (Å²) >= 11 is 6.25. The molecule has 0 saturated carbocycles. The Morgan fingerprint density at radius 2 is 1.61 bits per heavy atom. The van der Waals surface area contributed by atoms with Crippen molar-refractivity contribution in [1.82, 2.24) is 10.2 Å². The van der Waals surface area contributed by atoms with Gasteiger partial charge in [0.05, 0.1) is 21.2 Å². The highest BCUT2D eigenvalue weighted by Gasteiger charge is 2.36. The topological polar surface area (TPSA) is 86.8 Å². The number of rotatable bonds is 10. The Morgan fingerprint density at radius 1 is 0.951 bits per heavy atom. The van der Waals surface area contributed by atoms with Gasteiger partial charge in [0.25, 0.3) is 10.0 Å². The molecule has 0 aromatic heterocycles. The van der Waals surface area contributed by atoms with Gasteiger partial charge in [-0.05, 0) is 63.6 Å². The average molecular weight is 610 g/mol. The number of sulfonamides is 1. The summed E-state index contributed by atoms with van der Waals surface area (Å²) in [5, 5.41) is 2.43. The van der Waals surface area contributed by atoms with Gasteiger partial charge in [-0.3, -0.25) is 13.9 Å². The number of hydrogen-bond donors (Lipinski definition) is 1. The Labute approximate surface area is 243 Å². The number of nitrogens with one attached hydrogen (secondary N) is 1. The summed E-state index contributed by atoms with van der Waals surface area (Å²) in [7, 11) is -4.58. The molecule has 220 valence electrons. The van der Waals surface area contributed by atoms with E-state index in [-0.39, 0.29) is 22.5 Å². The average Bonchev–Trinajstić information content (AvgIpc) is 2.89. The molecule has 0 aliphatic rings. The first-order valence-electron chi connectivity index (χ1n) is 12.7. The number of carbonyl (C=O) groups excluding carboxylic acids is 2. The second kappa shape index (κ2) is 12.9. The second-order valence-electron chi connectivity index (χ2n) is 9.84. The Kier molecular flexibility index (Phi) is 10.1. The van der Waals surface area contributed by atoms with Gasteiger partial charge in [-0.1, -0.05) is 59.6 Å². The van der Waals surface area contributed by atoms with Crippen molar-refractivity contribution in [2.24, 2.45) is 0 Å². The molecular weight excluding hydrogens is 579 g/mol. The van der Waals surface area contributed by atoms with Gasteiger partial charge in [0, 0.05) is 12.6 Å². The molecule has 0 fully saturated rings. The molecule has 0 aliphatic heterocycles. The smallest absolute Gasteiger partial charge is 0.352 e. The van der Waals surface area contributed by atoms with E-state index in [4.69, 9.17) is 11.6 Å². The summed E-state index contributed by atoms with van der Waals surface area (Å²) in [5.41, 5.74) is -0.0808. The molecule has 0 saturated heterocycles. The lowest BCUT2D eigenvalue weighted by atomic mass is 10.1. The van der Waals surface area contributed by atoms with Crippen LogP contribution in [0, 0.1) is 6.92 Å². The normalized spacial score (nSPS) is 12.6. The number of amides is 2. The highest BCUT2D eigenvalue weighted by Crippen LogP contribution is 2.37. The maximum Gasteiger partial charge on any atom is 0.416 e. The van der Waals surface area contributed by atoms with Crippen molar-refractivity contribution in [3.05, 3.63) is 94.5 Å². The van der Waals surface area contributed by atoms with E-state index in [9.17, 15) is 31.2 Å². The fourth-order valence-corrected chi connectivity index (χ4v) is 5.82. The van der Waals surface area contributed by atoms with Crippen LogP contribution in [0.5, 0.6) is 0 Å². The first-order chi connectivity index (χ1) is 19.1. The SMILES string of the molecule is Cc1cccc(CN(C(=O)CN(c2cc(C(F)(F)F)ccc2Cl)S(=O)(=O)c2ccccc2)[C@@H](C)C(=O)NC(C)C)c1. The number of benzene rings is 3. The van der Waals surface area contributed by atoms with E-state index < -0.39 is 51.9 Å². The van der Waals surface area contributed by atoms with E-state index in [1.54, 1.807) is 32.0 Å². The number of carbonyl (C=O) groups is 2. The molecular formula is C29H31ClF3N3O4S. The summed E-state index contributed by atoms with van der Waals surface area (Å²) in [4.78, 5) is 27.8. The van der Waals surface area contributed by atoms with Crippen molar-refractivity contribution in [3.63, 3.8) is 0 Å². The zero-order valence-corrected chi connectivity index (χ0v) is 24.5. The maximum absolute atomic E-state index is 13.9. The minimum atomic E-state index is -4.80. The molecule has 0 heterocycles. The third-order valence-corrected chi connectivity index (χ3v) is 8.28. The summed E-state index contributed by atoms with van der Waals surface area (Å²) < 4.78 is 69.0. The van der Waals surface area contributed by atoms with Crippen LogP contribution in [-0.2, 0) is 32.3 Å². The van der Waals surface area contributed by atoms with E-state index in [1.165, 1.54) is 36.1 Å². The van der Waals surface area contributed by atoms with E-state index in [0.29, 0.717) is 15.9 Å². The minimum Gasteiger partial charge on any atom is -0.352 e. The number of halogens is 4. The highest BCUT2D eigenvalue weighted by molar-refractivity contribution is 7.92. The van der Waals surface area contributed by atoms with Crippen LogP contribution < -0.4 is 9.62 Å². The summed E-state index contributed by atoms with van der Waals surface area (Å²) in [6, 6.07) is 15.2. The van der Waals surface area contributed by atoms with Crippen molar-refractivity contribution in [2.45, 2.75) is 57.4 Å². The zero-order valence-electron chi connectivity index (χ0n) is 22.9. The van der Waals surface area contributed by atoms with E-state index in [2.05, 4.69) is 5.32 Å². The molecule has 1 N–H and O–H groups in total. The van der Waals surface area contributed by atoms with E-state index in [1.807, 2.05) is 19.1 Å². The van der Waals surface area contributed by atoms with Crippen LogP contribution in [-0.4, -0.2) is 43.8 Å². The number of aryl methyl sites for hydroxylation is 1. The summed E-state index contributed by atoms with van der Waals surface area (Å²) in [6.45, 7) is 5.89. The third kappa shape index (κ3) is 8.01. The lowest BCUT2D eigenvalue weighted by Crippen LogP contribution is -2.52. The van der Waals surface area contributed by atoms with Crippen molar-refractivity contribution >= 4 is 39.1 Å². The van der Waals surface area contributed by atoms with Crippen molar-refractivity contribution < 1.29 is 31.2 Å². The molecule has 0 aliphatic carbocycles. The lowest BCUT2D eigenvalue weighted by Gasteiger charge is -2.32. The zero-order chi connectivity index (χ0) is 30.5. The molecule has 0 spiro atoms. The predicted molar refractivity (Wildman–Crippen MR) is 152 cm³/mol. The van der Waals surface area contributed by atoms with Crippen LogP contribution in [0.4, 0.5) is 18.9 Å². The van der Waals surface area contributed by atoms with Crippen LogP contribution in [0.15, 0.2) is 77.7 Å². The molecule has 12 heteroatoms. The van der Waals surface area contributed by atoms with Gasteiger partial charge in [0.1, 0.15) is 12.6 Å². The molecule has 1 atom stereocenters. The molecule has 0 bridgehead atoms. The Hall–Kier alpha value is -3.57. The van der Waals surface area contributed by atoms with Crippen LogP contribution in [0.1, 0.15) is 37.5 Å². The molecule has 3 aromatic carbocycles. The van der Waals surface area contributed by atoms with E-state index in [0.717, 1.165) is 17.7 Å². The molecule has 41 heavy (non-hydrogen) atoms. The third-order valence-electron chi connectivity index (χ3n) is 6.19. The van der Waals surface area contributed by atoms with Gasteiger partial charge in [-0.2, -0.15) is 13.2 Å². The minimum absolute atomic E-state index is 0.0528. The quantitative estimate of drug-likeness (QED) is 0.315. The first kappa shape index (κ1) is 32.0. The van der Waals surface area contributed by atoms with Crippen molar-refractivity contribution in [3.8, 4) is 0 Å². The molecule has 0 unspecified atom stereocenters. The predicted octanol–water partition coefficient (Wildman–Crippen LogP) is 5.80. The molecule has 2 amide bonds. The Morgan fingerprint density at radius 3 is 2.20 bits per heavy atom. The monoisotopic (exact) mass is 609 g/mol. The lowest BCUT2D eigenvalue weighted by molar-refractivity contribution is -0.139. The van der Waals surface area contributed by atoms with Crippen molar-refractivity contribution in [2.75, 3.05) is 10.8 Å². The number of nitrogens with zero attached hydrogens (tertiary/aromatic N) is 2. The van der Waals surface area contributed by atoms with Gasteiger partial charge >= 0.3 is 6.18 Å². The van der Waals surface area contributed by atoms with Gasteiger partial charge in [-0.15, -0.1) is 0 Å². The van der Waals surface area contributed by atoms with Gasteiger partial charge in [0.2, 0.25) is 11.8 Å². The fourth-order valence-electron chi connectivity index (χ4n) is 4.11. The van der Waals surface area contributed by atoms with E-state index >= 15 is 0 Å². The largest absolute Gasteiger partial charge is 0.416 e. The van der Waals surface area contributed by atoms with Gasteiger partial charge in [-0.25, -0.2) is 8.42 Å². The van der Waals surface area contributed by atoms with Gasteiger partial charge < -0.3 is 10.2 Å². The number of hydrogen-bond acceptors (Lipinski definition) is 4. The maximum atomic E-state index is 13.9. The molecule has 0 radical (unpaired) electrons.